The van der Waals surface area contributed by atoms with Crippen LogP contribution in [0.1, 0.15) is 39.4 Å². The highest BCUT2D eigenvalue weighted by molar-refractivity contribution is 7.16. The Bertz CT molecular complexity index is 1350. The number of carbonyl (C=O) groups is 1. The second-order valence-corrected chi connectivity index (χ2v) is 10.3. The fourth-order valence-corrected chi connectivity index (χ4v) is 5.56. The minimum absolute atomic E-state index is 0.216. The first kappa shape index (κ1) is 23.5. The molecule has 1 fully saturated rings. The summed E-state index contributed by atoms with van der Waals surface area (Å²) in [5, 5.41) is 0.852. The summed E-state index contributed by atoms with van der Waals surface area (Å²) in [6.45, 7) is 9.28. The van der Waals surface area contributed by atoms with Gasteiger partial charge in [-0.05, 0) is 49.7 Å². The number of rotatable bonds is 7. The van der Waals surface area contributed by atoms with E-state index >= 15 is 0 Å². The number of hydrogen-bond donors (Lipinski definition) is 1. The van der Waals surface area contributed by atoms with Gasteiger partial charge in [-0.3, -0.25) is 14.3 Å². The topological polar surface area (TPSA) is 76.6 Å². The summed E-state index contributed by atoms with van der Waals surface area (Å²) in [6, 6.07) is 16.4. The Labute approximate surface area is 209 Å². The van der Waals surface area contributed by atoms with E-state index in [2.05, 4.69) is 53.0 Å². The number of ether oxygens (including phenoxy) is 1. The SMILES string of the molecule is Cc1ccccc1[C@@H](C)Oc1cc(-n2cnc3ccc(CN4CCN(C)CC4)cc32)sc1C(N)=O. The molecule has 0 spiro atoms. The van der Waals surface area contributed by atoms with E-state index in [0.29, 0.717) is 10.6 Å². The molecule has 0 unspecified atom stereocenters. The summed E-state index contributed by atoms with van der Waals surface area (Å²) in [7, 11) is 2.17. The minimum Gasteiger partial charge on any atom is -0.484 e. The van der Waals surface area contributed by atoms with Gasteiger partial charge < -0.3 is 15.4 Å². The molecule has 2 aromatic carbocycles. The van der Waals surface area contributed by atoms with Crippen LogP contribution >= 0.6 is 11.3 Å². The lowest BCUT2D eigenvalue weighted by atomic mass is 10.0. The Morgan fingerprint density at radius 1 is 1.14 bits per heavy atom. The third kappa shape index (κ3) is 4.96. The number of imidazole rings is 1. The third-order valence-electron chi connectivity index (χ3n) is 6.69. The Hall–Kier alpha value is -3.20. The van der Waals surface area contributed by atoms with Crippen LogP contribution in [-0.4, -0.2) is 58.5 Å². The molecule has 0 saturated carbocycles. The summed E-state index contributed by atoms with van der Waals surface area (Å²) in [6.07, 6.45) is 1.58. The van der Waals surface area contributed by atoms with Crippen LogP contribution < -0.4 is 10.5 Å². The van der Waals surface area contributed by atoms with Gasteiger partial charge in [-0.15, -0.1) is 11.3 Å². The molecule has 7 nitrogen and oxygen atoms in total. The fourth-order valence-electron chi connectivity index (χ4n) is 4.63. The highest BCUT2D eigenvalue weighted by Gasteiger charge is 2.21. The molecule has 35 heavy (non-hydrogen) atoms. The highest BCUT2D eigenvalue weighted by atomic mass is 32.1. The zero-order valence-corrected chi connectivity index (χ0v) is 21.2. The third-order valence-corrected chi connectivity index (χ3v) is 7.82. The molecule has 8 heteroatoms. The van der Waals surface area contributed by atoms with E-state index in [-0.39, 0.29) is 6.10 Å². The zero-order chi connectivity index (χ0) is 24.5. The van der Waals surface area contributed by atoms with Gasteiger partial charge in [-0.25, -0.2) is 4.98 Å². The van der Waals surface area contributed by atoms with Crippen LogP contribution in [0.3, 0.4) is 0 Å². The number of benzene rings is 2. The maximum Gasteiger partial charge on any atom is 0.262 e. The van der Waals surface area contributed by atoms with Crippen LogP contribution in [0.5, 0.6) is 5.75 Å². The number of nitrogens with zero attached hydrogens (tertiary/aromatic N) is 4. The number of carbonyl (C=O) groups excluding carboxylic acids is 1. The van der Waals surface area contributed by atoms with Gasteiger partial charge in [0, 0.05) is 38.8 Å². The molecular weight excluding hydrogens is 458 g/mol. The Morgan fingerprint density at radius 2 is 1.91 bits per heavy atom. The number of aryl methyl sites for hydroxylation is 1. The van der Waals surface area contributed by atoms with Crippen molar-refractivity contribution in [3.8, 4) is 10.8 Å². The molecule has 1 amide bonds. The van der Waals surface area contributed by atoms with E-state index in [9.17, 15) is 4.79 Å². The van der Waals surface area contributed by atoms with Crippen LogP contribution in [0.15, 0.2) is 54.9 Å². The smallest absolute Gasteiger partial charge is 0.262 e. The van der Waals surface area contributed by atoms with E-state index in [1.165, 1.54) is 16.9 Å². The quantitative estimate of drug-likeness (QED) is 0.417. The average Bonchev–Trinajstić information content (AvgIpc) is 3.44. The number of thiophene rings is 1. The number of aromatic nitrogens is 2. The maximum atomic E-state index is 12.3. The lowest BCUT2D eigenvalue weighted by molar-refractivity contribution is 0.0998. The second-order valence-electron chi connectivity index (χ2n) is 9.28. The van der Waals surface area contributed by atoms with Gasteiger partial charge in [0.2, 0.25) is 0 Å². The van der Waals surface area contributed by atoms with Crippen molar-refractivity contribution in [2.24, 2.45) is 5.73 Å². The van der Waals surface area contributed by atoms with Gasteiger partial charge >= 0.3 is 0 Å². The number of piperazine rings is 1. The van der Waals surface area contributed by atoms with Gasteiger partial charge in [0.1, 0.15) is 28.1 Å². The molecular formula is C27H31N5O2S. The van der Waals surface area contributed by atoms with Crippen molar-refractivity contribution in [2.75, 3.05) is 33.2 Å². The first-order valence-corrected chi connectivity index (χ1v) is 12.7. The van der Waals surface area contributed by atoms with Gasteiger partial charge in [0.25, 0.3) is 5.91 Å². The Kier molecular flexibility index (Phi) is 6.60. The molecule has 1 aliphatic heterocycles. The summed E-state index contributed by atoms with van der Waals surface area (Å²) in [5.41, 5.74) is 11.1. The first-order valence-electron chi connectivity index (χ1n) is 11.9. The van der Waals surface area contributed by atoms with Gasteiger partial charge in [-0.1, -0.05) is 30.3 Å². The van der Waals surface area contributed by atoms with E-state index in [1.807, 2.05) is 35.8 Å². The van der Waals surface area contributed by atoms with Crippen molar-refractivity contribution in [3.05, 3.63) is 76.4 Å². The summed E-state index contributed by atoms with van der Waals surface area (Å²) < 4.78 is 8.28. The number of likely N-dealkylation sites (N-methyl/N-ethyl adjacent to an activating group) is 1. The minimum atomic E-state index is -0.492. The van der Waals surface area contributed by atoms with E-state index in [0.717, 1.165) is 59.9 Å². The van der Waals surface area contributed by atoms with E-state index in [1.54, 1.807) is 6.33 Å². The zero-order valence-electron chi connectivity index (χ0n) is 20.4. The lowest BCUT2D eigenvalue weighted by Gasteiger charge is -2.32. The molecule has 2 N–H and O–H groups in total. The largest absolute Gasteiger partial charge is 0.484 e. The van der Waals surface area contributed by atoms with Crippen LogP contribution in [0.4, 0.5) is 0 Å². The molecule has 1 aliphatic rings. The van der Waals surface area contributed by atoms with Crippen LogP contribution in [0, 0.1) is 6.92 Å². The van der Waals surface area contributed by atoms with Crippen molar-refractivity contribution < 1.29 is 9.53 Å². The normalized spacial score (nSPS) is 16.0. The van der Waals surface area contributed by atoms with Crippen molar-refractivity contribution in [2.45, 2.75) is 26.5 Å². The molecule has 4 aromatic rings. The van der Waals surface area contributed by atoms with Crippen LogP contribution in [0.25, 0.3) is 16.0 Å². The molecule has 0 aliphatic carbocycles. The summed E-state index contributed by atoms with van der Waals surface area (Å²) >= 11 is 1.33. The average molecular weight is 490 g/mol. The maximum absolute atomic E-state index is 12.3. The second kappa shape index (κ2) is 9.81. The predicted molar refractivity (Wildman–Crippen MR) is 140 cm³/mol. The Morgan fingerprint density at radius 3 is 2.66 bits per heavy atom. The number of fused-ring (bicyclic) bond motifs is 1. The monoisotopic (exact) mass is 489 g/mol. The van der Waals surface area contributed by atoms with E-state index < -0.39 is 5.91 Å². The van der Waals surface area contributed by atoms with Crippen molar-refractivity contribution in [1.29, 1.82) is 0 Å². The standard InChI is InChI=1S/C27H31N5O2S/c1-18-6-4-5-7-21(18)19(2)34-24-15-25(35-26(24)27(28)33)32-17-29-22-9-8-20(14-23(22)32)16-31-12-10-30(3)11-13-31/h4-9,14-15,17,19H,10-13,16H2,1-3H3,(H2,28,33)/t19-/m1/s1. The first-order chi connectivity index (χ1) is 16.9. The van der Waals surface area contributed by atoms with Crippen molar-refractivity contribution in [1.82, 2.24) is 19.4 Å². The fraction of sp³-hybridized carbons (Fsp3) is 0.333. The Balaban J connectivity index is 1.44. The molecule has 5 rings (SSSR count). The lowest BCUT2D eigenvalue weighted by Crippen LogP contribution is -2.43. The van der Waals surface area contributed by atoms with Gasteiger partial charge in [0.05, 0.1) is 11.0 Å². The highest BCUT2D eigenvalue weighted by Crippen LogP contribution is 2.36. The number of hydrogen-bond acceptors (Lipinski definition) is 6. The molecule has 3 heterocycles. The molecule has 1 saturated heterocycles. The summed E-state index contributed by atoms with van der Waals surface area (Å²) in [4.78, 5) is 22.1. The molecule has 0 bridgehead atoms. The van der Waals surface area contributed by atoms with Crippen LogP contribution in [0.2, 0.25) is 0 Å². The summed E-state index contributed by atoms with van der Waals surface area (Å²) in [5.74, 6) is 0.0112. The number of primary amides is 1. The van der Waals surface area contributed by atoms with Gasteiger partial charge in [0.15, 0.2) is 0 Å². The molecule has 0 radical (unpaired) electrons. The molecule has 2 aromatic heterocycles. The number of amides is 1. The van der Waals surface area contributed by atoms with Gasteiger partial charge in [-0.2, -0.15) is 0 Å². The predicted octanol–water partition coefficient (Wildman–Crippen LogP) is 4.38. The van der Waals surface area contributed by atoms with E-state index in [4.69, 9.17) is 10.5 Å². The van der Waals surface area contributed by atoms with Crippen molar-refractivity contribution >= 4 is 28.3 Å². The van der Waals surface area contributed by atoms with Crippen molar-refractivity contribution in [3.63, 3.8) is 0 Å². The van der Waals surface area contributed by atoms with Crippen LogP contribution in [-0.2, 0) is 6.54 Å². The molecule has 1 atom stereocenters. The number of nitrogens with two attached hydrogens (primary N) is 1. The molecule has 182 valence electrons.